The van der Waals surface area contributed by atoms with Gasteiger partial charge < -0.3 is 5.73 Å². The molecule has 0 aromatic heterocycles. The number of hydrogen-bond donors (Lipinski definition) is 2. The van der Waals surface area contributed by atoms with Gasteiger partial charge in [-0.05, 0) is 12.1 Å². The van der Waals surface area contributed by atoms with Gasteiger partial charge in [0.25, 0.3) is 17.7 Å². The van der Waals surface area contributed by atoms with Crippen molar-refractivity contribution in [2.75, 3.05) is 5.73 Å². The molecule has 21 heavy (non-hydrogen) atoms. The number of carbonyl (C=O) groups excluding carboxylic acids is 4. The lowest BCUT2D eigenvalue weighted by molar-refractivity contribution is -0.121. The molecule has 1 aromatic carbocycles. The van der Waals surface area contributed by atoms with Crippen LogP contribution in [-0.4, -0.2) is 34.2 Å². The summed E-state index contributed by atoms with van der Waals surface area (Å²) in [4.78, 5) is 48.2. The minimum absolute atomic E-state index is 0.0243. The van der Waals surface area contributed by atoms with Gasteiger partial charge in [0.2, 0.25) is 5.91 Å². The summed E-state index contributed by atoms with van der Waals surface area (Å²) in [7, 11) is 0. The Morgan fingerprint density at radius 1 is 1.19 bits per heavy atom. The SMILES string of the molecule is Nc1cccc2c1C(=O)N(C(=O)C1=NNC(=O)CC1)C2=O. The third kappa shape index (κ3) is 1.88. The maximum Gasteiger partial charge on any atom is 0.284 e. The third-order valence-corrected chi connectivity index (χ3v) is 3.30. The number of benzene rings is 1. The second-order valence-corrected chi connectivity index (χ2v) is 4.61. The van der Waals surface area contributed by atoms with Gasteiger partial charge in [0, 0.05) is 18.5 Å². The lowest BCUT2D eigenvalue weighted by atomic mass is 10.1. The van der Waals surface area contributed by atoms with Crippen molar-refractivity contribution in [1.29, 1.82) is 0 Å². The van der Waals surface area contributed by atoms with E-state index in [1.165, 1.54) is 18.2 Å². The van der Waals surface area contributed by atoms with E-state index >= 15 is 0 Å². The molecule has 3 rings (SSSR count). The average molecular weight is 286 g/mol. The Morgan fingerprint density at radius 2 is 1.95 bits per heavy atom. The molecule has 106 valence electrons. The van der Waals surface area contributed by atoms with Crippen molar-refractivity contribution in [2.24, 2.45) is 5.10 Å². The number of rotatable bonds is 1. The first-order valence-electron chi connectivity index (χ1n) is 6.17. The van der Waals surface area contributed by atoms with E-state index in [9.17, 15) is 19.2 Å². The Morgan fingerprint density at radius 3 is 2.57 bits per heavy atom. The number of hydrogen-bond acceptors (Lipinski definition) is 6. The summed E-state index contributed by atoms with van der Waals surface area (Å²) >= 11 is 0. The van der Waals surface area contributed by atoms with E-state index < -0.39 is 17.7 Å². The summed E-state index contributed by atoms with van der Waals surface area (Å²) in [5.41, 5.74) is 8.05. The minimum Gasteiger partial charge on any atom is -0.398 e. The Labute approximate surface area is 118 Å². The Kier molecular flexibility index (Phi) is 2.79. The fourth-order valence-electron chi connectivity index (χ4n) is 2.25. The number of nitrogen functional groups attached to an aromatic ring is 1. The molecule has 1 aromatic rings. The van der Waals surface area contributed by atoms with Crippen LogP contribution in [0.5, 0.6) is 0 Å². The number of hydrazone groups is 1. The van der Waals surface area contributed by atoms with Crippen molar-refractivity contribution in [2.45, 2.75) is 12.8 Å². The predicted octanol–water partition coefficient (Wildman–Crippen LogP) is -0.343. The maximum absolute atomic E-state index is 12.3. The second kappa shape index (κ2) is 4.51. The van der Waals surface area contributed by atoms with Crippen LogP contribution in [0.25, 0.3) is 0 Å². The Bertz CT molecular complexity index is 738. The zero-order valence-electron chi connectivity index (χ0n) is 10.8. The summed E-state index contributed by atoms with van der Waals surface area (Å²) in [5.74, 6) is -2.65. The number of anilines is 1. The first-order chi connectivity index (χ1) is 10.0. The van der Waals surface area contributed by atoms with Gasteiger partial charge in [0.1, 0.15) is 5.71 Å². The van der Waals surface area contributed by atoms with Gasteiger partial charge in [-0.15, -0.1) is 0 Å². The van der Waals surface area contributed by atoms with Crippen LogP contribution in [0.4, 0.5) is 5.69 Å². The monoisotopic (exact) mass is 286 g/mol. The van der Waals surface area contributed by atoms with Crippen LogP contribution in [0, 0.1) is 0 Å². The summed E-state index contributed by atoms with van der Waals surface area (Å²) < 4.78 is 0. The average Bonchev–Trinajstić information content (AvgIpc) is 2.72. The molecule has 2 aliphatic rings. The predicted molar refractivity (Wildman–Crippen MR) is 71.2 cm³/mol. The van der Waals surface area contributed by atoms with Crippen LogP contribution >= 0.6 is 0 Å². The van der Waals surface area contributed by atoms with Gasteiger partial charge in [-0.2, -0.15) is 5.10 Å². The third-order valence-electron chi connectivity index (χ3n) is 3.30. The number of nitrogens with zero attached hydrogens (tertiary/aromatic N) is 2. The maximum atomic E-state index is 12.3. The molecule has 0 saturated heterocycles. The molecule has 2 aliphatic heterocycles. The van der Waals surface area contributed by atoms with Gasteiger partial charge >= 0.3 is 0 Å². The van der Waals surface area contributed by atoms with Gasteiger partial charge in [0.05, 0.1) is 11.1 Å². The summed E-state index contributed by atoms with van der Waals surface area (Å²) in [6.07, 6.45) is 0.156. The molecule has 0 saturated carbocycles. The van der Waals surface area contributed by atoms with Crippen molar-refractivity contribution < 1.29 is 19.2 Å². The van der Waals surface area contributed by atoms with Gasteiger partial charge in [-0.3, -0.25) is 19.2 Å². The van der Waals surface area contributed by atoms with Gasteiger partial charge in [-0.1, -0.05) is 6.07 Å². The molecule has 3 N–H and O–H groups in total. The highest BCUT2D eigenvalue weighted by molar-refractivity contribution is 6.48. The van der Waals surface area contributed by atoms with Crippen molar-refractivity contribution in [1.82, 2.24) is 10.3 Å². The molecule has 8 nitrogen and oxygen atoms in total. The first kappa shape index (κ1) is 13.0. The smallest absolute Gasteiger partial charge is 0.284 e. The van der Waals surface area contributed by atoms with E-state index in [2.05, 4.69) is 10.5 Å². The fourth-order valence-corrected chi connectivity index (χ4v) is 2.25. The van der Waals surface area contributed by atoms with Crippen LogP contribution < -0.4 is 11.2 Å². The number of amides is 4. The second-order valence-electron chi connectivity index (χ2n) is 4.61. The summed E-state index contributed by atoms with van der Waals surface area (Å²) in [6, 6.07) is 4.45. The molecule has 8 heteroatoms. The standard InChI is InChI=1S/C13H10N4O4/c14-7-3-1-2-6-10(7)13(21)17(11(6)19)12(20)8-4-5-9(18)16-15-8/h1-3H,4-5,14H2,(H,16,18). The van der Waals surface area contributed by atoms with E-state index in [-0.39, 0.29) is 41.3 Å². The van der Waals surface area contributed by atoms with E-state index in [4.69, 9.17) is 5.73 Å². The normalized spacial score (nSPS) is 17.4. The quantitative estimate of drug-likeness (QED) is 0.540. The zero-order chi connectivity index (χ0) is 15.1. The number of nitrogens with two attached hydrogens (primary N) is 1. The Hall–Kier alpha value is -3.03. The van der Waals surface area contributed by atoms with Crippen molar-refractivity contribution >= 4 is 35.0 Å². The molecular formula is C13H10N4O4. The van der Waals surface area contributed by atoms with Crippen LogP contribution in [0.3, 0.4) is 0 Å². The lowest BCUT2D eigenvalue weighted by Crippen LogP contribution is -2.43. The summed E-state index contributed by atoms with van der Waals surface area (Å²) in [6.45, 7) is 0. The zero-order valence-corrected chi connectivity index (χ0v) is 10.8. The molecule has 0 bridgehead atoms. The van der Waals surface area contributed by atoms with Crippen LogP contribution in [0.1, 0.15) is 33.6 Å². The van der Waals surface area contributed by atoms with Crippen molar-refractivity contribution in [3.63, 3.8) is 0 Å². The van der Waals surface area contributed by atoms with Gasteiger partial charge in [-0.25, -0.2) is 10.3 Å². The fraction of sp³-hybridized carbons (Fsp3) is 0.154. The molecule has 4 amide bonds. The largest absolute Gasteiger partial charge is 0.398 e. The van der Waals surface area contributed by atoms with Crippen LogP contribution in [-0.2, 0) is 9.59 Å². The molecular weight excluding hydrogens is 276 g/mol. The molecule has 0 aliphatic carbocycles. The number of fused-ring (bicyclic) bond motifs is 1. The van der Waals surface area contributed by atoms with Gasteiger partial charge in [0.15, 0.2) is 0 Å². The topological polar surface area (TPSA) is 122 Å². The highest BCUT2D eigenvalue weighted by Gasteiger charge is 2.42. The molecule has 0 unspecified atom stereocenters. The number of imide groups is 3. The lowest BCUT2D eigenvalue weighted by Gasteiger charge is -2.16. The van der Waals surface area contributed by atoms with E-state index in [0.717, 1.165) is 0 Å². The van der Waals surface area contributed by atoms with Crippen molar-refractivity contribution in [3.8, 4) is 0 Å². The Balaban J connectivity index is 1.97. The van der Waals surface area contributed by atoms with E-state index in [0.29, 0.717) is 4.90 Å². The van der Waals surface area contributed by atoms with Crippen molar-refractivity contribution in [3.05, 3.63) is 29.3 Å². The summed E-state index contributed by atoms with van der Waals surface area (Å²) in [5, 5.41) is 3.60. The molecule has 2 heterocycles. The minimum atomic E-state index is -0.833. The number of nitrogens with one attached hydrogen (secondary N) is 1. The first-order valence-corrected chi connectivity index (χ1v) is 6.17. The molecule has 0 fully saturated rings. The van der Waals surface area contributed by atoms with Crippen LogP contribution in [0.2, 0.25) is 0 Å². The molecule has 0 radical (unpaired) electrons. The van der Waals surface area contributed by atoms with Crippen LogP contribution in [0.15, 0.2) is 23.3 Å². The highest BCUT2D eigenvalue weighted by atomic mass is 16.2. The molecule has 0 atom stereocenters. The molecule has 0 spiro atoms. The van der Waals surface area contributed by atoms with E-state index in [1.807, 2.05) is 0 Å². The van der Waals surface area contributed by atoms with E-state index in [1.54, 1.807) is 0 Å². The number of carbonyl (C=O) groups is 4. The highest BCUT2D eigenvalue weighted by Crippen LogP contribution is 2.28.